The van der Waals surface area contributed by atoms with Gasteiger partial charge in [0.15, 0.2) is 0 Å². The molecule has 2 heterocycles. The molecule has 0 aliphatic carbocycles. The van der Waals surface area contributed by atoms with E-state index in [-0.39, 0.29) is 17.7 Å². The molecule has 1 atom stereocenters. The molecule has 1 aromatic rings. The highest BCUT2D eigenvalue weighted by Crippen LogP contribution is 2.18. The van der Waals surface area contributed by atoms with Crippen molar-refractivity contribution in [2.45, 2.75) is 18.6 Å². The lowest BCUT2D eigenvalue weighted by Crippen LogP contribution is -2.46. The van der Waals surface area contributed by atoms with Crippen LogP contribution in [0.15, 0.2) is 24.4 Å². The molecule has 3 N–H and O–H groups in total. The van der Waals surface area contributed by atoms with Crippen LogP contribution in [0.2, 0.25) is 0 Å². The zero-order valence-electron chi connectivity index (χ0n) is 13.2. The minimum absolute atomic E-state index is 0.00842. The molecule has 2 rings (SSSR count). The molecule has 0 aromatic carbocycles. The van der Waals surface area contributed by atoms with E-state index >= 15 is 0 Å². The van der Waals surface area contributed by atoms with Crippen molar-refractivity contribution in [1.29, 1.82) is 0 Å². The van der Waals surface area contributed by atoms with Crippen molar-refractivity contribution in [3.63, 3.8) is 0 Å². The molecular formula is C16H24N4O2S. The molecule has 23 heavy (non-hydrogen) atoms. The average molecular weight is 336 g/mol. The summed E-state index contributed by atoms with van der Waals surface area (Å²) < 4.78 is 0. The molecule has 7 heteroatoms. The summed E-state index contributed by atoms with van der Waals surface area (Å²) in [5, 5.41) is 2.81. The van der Waals surface area contributed by atoms with E-state index in [0.717, 1.165) is 30.8 Å². The van der Waals surface area contributed by atoms with Gasteiger partial charge in [-0.3, -0.25) is 14.6 Å². The van der Waals surface area contributed by atoms with Crippen molar-refractivity contribution >= 4 is 23.6 Å². The van der Waals surface area contributed by atoms with E-state index in [4.69, 9.17) is 5.73 Å². The number of aromatic nitrogens is 1. The summed E-state index contributed by atoms with van der Waals surface area (Å²) >= 11 is 1.56. The Morgan fingerprint density at radius 1 is 1.43 bits per heavy atom. The van der Waals surface area contributed by atoms with Gasteiger partial charge in [-0.2, -0.15) is 0 Å². The van der Waals surface area contributed by atoms with Gasteiger partial charge in [0.05, 0.1) is 17.4 Å². The van der Waals surface area contributed by atoms with Gasteiger partial charge in [0, 0.05) is 38.1 Å². The fourth-order valence-electron chi connectivity index (χ4n) is 2.58. The van der Waals surface area contributed by atoms with Crippen LogP contribution in [0.1, 0.15) is 18.5 Å². The van der Waals surface area contributed by atoms with Crippen molar-refractivity contribution < 1.29 is 9.59 Å². The normalized spacial score (nSPS) is 17.8. The van der Waals surface area contributed by atoms with E-state index in [1.807, 2.05) is 23.1 Å². The highest BCUT2D eigenvalue weighted by Gasteiger charge is 2.27. The van der Waals surface area contributed by atoms with Crippen molar-refractivity contribution in [3.8, 4) is 0 Å². The van der Waals surface area contributed by atoms with Gasteiger partial charge in [0.1, 0.15) is 0 Å². The number of carbonyl (C=O) groups excluding carboxylic acids is 2. The van der Waals surface area contributed by atoms with Gasteiger partial charge in [-0.25, -0.2) is 0 Å². The Hall–Kier alpha value is -1.60. The number of nitrogens with zero attached hydrogens (tertiary/aromatic N) is 2. The molecule has 126 valence electrons. The lowest BCUT2D eigenvalue weighted by Gasteiger charge is -2.32. The third-order valence-corrected chi connectivity index (χ3v) is 4.74. The Labute approximate surface area is 141 Å². The Morgan fingerprint density at radius 3 is 3.04 bits per heavy atom. The monoisotopic (exact) mass is 336 g/mol. The topological polar surface area (TPSA) is 88.3 Å². The zero-order valence-corrected chi connectivity index (χ0v) is 14.1. The van der Waals surface area contributed by atoms with Crippen molar-refractivity contribution in [1.82, 2.24) is 15.2 Å². The van der Waals surface area contributed by atoms with Gasteiger partial charge in [-0.15, -0.1) is 11.8 Å². The van der Waals surface area contributed by atoms with Gasteiger partial charge in [0.25, 0.3) is 0 Å². The van der Waals surface area contributed by atoms with Gasteiger partial charge >= 0.3 is 0 Å². The quantitative estimate of drug-likeness (QED) is 0.762. The maximum Gasteiger partial charge on any atom is 0.232 e. The number of thioether (sulfide) groups is 1. The van der Waals surface area contributed by atoms with Crippen molar-refractivity contribution in [2.24, 2.45) is 11.7 Å². The lowest BCUT2D eigenvalue weighted by atomic mass is 9.97. The van der Waals surface area contributed by atoms with Crippen molar-refractivity contribution in [3.05, 3.63) is 30.1 Å². The number of nitrogens with one attached hydrogen (secondary N) is 1. The number of nitrogens with two attached hydrogens (primary N) is 1. The van der Waals surface area contributed by atoms with E-state index < -0.39 is 0 Å². The second-order valence-corrected chi connectivity index (χ2v) is 6.56. The second-order valence-electron chi connectivity index (χ2n) is 5.57. The number of carbonyl (C=O) groups is 2. The van der Waals surface area contributed by atoms with Crippen LogP contribution < -0.4 is 11.1 Å². The molecule has 0 radical (unpaired) electrons. The summed E-state index contributed by atoms with van der Waals surface area (Å²) in [7, 11) is 0. The zero-order chi connectivity index (χ0) is 16.5. The third kappa shape index (κ3) is 5.84. The van der Waals surface area contributed by atoms with Gasteiger partial charge < -0.3 is 16.0 Å². The predicted molar refractivity (Wildman–Crippen MR) is 91.8 cm³/mol. The summed E-state index contributed by atoms with van der Waals surface area (Å²) in [6.07, 6.45) is 3.46. The summed E-state index contributed by atoms with van der Waals surface area (Å²) in [6, 6.07) is 5.78. The van der Waals surface area contributed by atoms with Crippen molar-refractivity contribution in [2.75, 3.05) is 31.9 Å². The minimum Gasteiger partial charge on any atom is -0.355 e. The molecule has 2 amide bonds. The van der Waals surface area contributed by atoms with E-state index in [0.29, 0.717) is 25.4 Å². The smallest absolute Gasteiger partial charge is 0.232 e. The molecule has 6 nitrogen and oxygen atoms in total. The molecule has 1 fully saturated rings. The first kappa shape index (κ1) is 17.7. The molecule has 1 aliphatic rings. The van der Waals surface area contributed by atoms with Crippen LogP contribution in [-0.2, 0) is 15.3 Å². The van der Waals surface area contributed by atoms with E-state index in [9.17, 15) is 9.59 Å². The minimum atomic E-state index is -0.111. The maximum atomic E-state index is 12.3. The Morgan fingerprint density at radius 2 is 2.30 bits per heavy atom. The Balaban J connectivity index is 1.74. The SMILES string of the molecule is NCCNC(=O)C1CCCN(C(=O)CSCc2ccccn2)C1. The van der Waals surface area contributed by atoms with Crippen LogP contribution in [0.25, 0.3) is 0 Å². The molecule has 1 unspecified atom stereocenters. The van der Waals surface area contributed by atoms with Crippen LogP contribution in [0.3, 0.4) is 0 Å². The number of rotatable bonds is 7. The standard InChI is InChI=1S/C16H24N4O2S/c17-6-8-19-16(22)13-4-3-9-20(10-13)15(21)12-23-11-14-5-1-2-7-18-14/h1-2,5,7,13H,3-4,6,8-12,17H2,(H,19,22). The van der Waals surface area contributed by atoms with Crippen LogP contribution in [0.4, 0.5) is 0 Å². The maximum absolute atomic E-state index is 12.3. The summed E-state index contributed by atoms with van der Waals surface area (Å²) in [6.45, 7) is 2.18. The number of hydrogen-bond acceptors (Lipinski definition) is 5. The van der Waals surface area contributed by atoms with Crippen LogP contribution >= 0.6 is 11.8 Å². The number of likely N-dealkylation sites (tertiary alicyclic amines) is 1. The predicted octanol–water partition coefficient (Wildman–Crippen LogP) is 0.628. The number of piperidine rings is 1. The average Bonchev–Trinajstić information content (AvgIpc) is 2.60. The van der Waals surface area contributed by atoms with Crippen LogP contribution in [0, 0.1) is 5.92 Å². The highest BCUT2D eigenvalue weighted by molar-refractivity contribution is 7.99. The summed E-state index contributed by atoms with van der Waals surface area (Å²) in [5.41, 5.74) is 6.37. The van der Waals surface area contributed by atoms with E-state index in [1.165, 1.54) is 0 Å². The first-order valence-corrected chi connectivity index (χ1v) is 9.09. The molecule has 0 saturated carbocycles. The largest absolute Gasteiger partial charge is 0.355 e. The fraction of sp³-hybridized carbons (Fsp3) is 0.562. The first-order chi connectivity index (χ1) is 11.2. The highest BCUT2D eigenvalue weighted by atomic mass is 32.2. The molecule has 1 saturated heterocycles. The number of pyridine rings is 1. The Bertz CT molecular complexity index is 512. The molecule has 0 spiro atoms. The third-order valence-electron chi connectivity index (χ3n) is 3.79. The molecular weight excluding hydrogens is 312 g/mol. The van der Waals surface area contributed by atoms with Gasteiger partial charge in [-0.1, -0.05) is 6.07 Å². The number of amides is 2. The summed E-state index contributed by atoms with van der Waals surface area (Å²) in [4.78, 5) is 30.4. The van der Waals surface area contributed by atoms with E-state index in [2.05, 4.69) is 10.3 Å². The number of hydrogen-bond donors (Lipinski definition) is 2. The first-order valence-electron chi connectivity index (χ1n) is 7.94. The second kappa shape index (κ2) is 9.52. The van der Waals surface area contributed by atoms with Crippen LogP contribution in [-0.4, -0.2) is 53.6 Å². The van der Waals surface area contributed by atoms with E-state index in [1.54, 1.807) is 18.0 Å². The van der Waals surface area contributed by atoms with Crippen LogP contribution in [0.5, 0.6) is 0 Å². The fourth-order valence-corrected chi connectivity index (χ4v) is 3.41. The summed E-state index contributed by atoms with van der Waals surface area (Å²) in [5.74, 6) is 1.14. The lowest BCUT2D eigenvalue weighted by molar-refractivity contribution is -0.133. The van der Waals surface area contributed by atoms with Gasteiger partial charge in [0.2, 0.25) is 11.8 Å². The Kier molecular flexibility index (Phi) is 7.35. The van der Waals surface area contributed by atoms with Gasteiger partial charge in [-0.05, 0) is 25.0 Å². The molecule has 0 bridgehead atoms. The molecule has 1 aliphatic heterocycles. The molecule has 1 aromatic heterocycles.